The Morgan fingerprint density at radius 1 is 1.39 bits per heavy atom. The zero-order chi connectivity index (χ0) is 16.5. The van der Waals surface area contributed by atoms with Gasteiger partial charge < -0.3 is 10.6 Å². The van der Waals surface area contributed by atoms with E-state index in [4.69, 9.17) is 0 Å². The first-order valence-corrected chi connectivity index (χ1v) is 8.81. The number of thiazole rings is 1. The van der Waals surface area contributed by atoms with Crippen LogP contribution in [0.5, 0.6) is 0 Å². The molecule has 0 fully saturated rings. The number of hydrogen-bond acceptors (Lipinski definition) is 4. The first-order chi connectivity index (χ1) is 11.2. The fourth-order valence-corrected chi connectivity index (χ4v) is 2.89. The molecule has 0 saturated carbocycles. The molecule has 0 aliphatic rings. The molecule has 5 heteroatoms. The van der Waals surface area contributed by atoms with E-state index in [1.807, 2.05) is 29.6 Å². The maximum Gasteiger partial charge on any atom is 0.224 e. The van der Waals surface area contributed by atoms with E-state index in [1.165, 1.54) is 0 Å². The summed E-state index contributed by atoms with van der Waals surface area (Å²) in [5.41, 5.74) is 2.72. The highest BCUT2D eigenvalue weighted by molar-refractivity contribution is 7.14. The van der Waals surface area contributed by atoms with E-state index < -0.39 is 0 Å². The molecule has 2 aromatic rings. The van der Waals surface area contributed by atoms with Gasteiger partial charge in [-0.1, -0.05) is 38.0 Å². The Balaban J connectivity index is 2.00. The van der Waals surface area contributed by atoms with Crippen molar-refractivity contribution in [1.82, 2.24) is 4.98 Å². The van der Waals surface area contributed by atoms with Gasteiger partial charge in [0, 0.05) is 29.6 Å². The van der Waals surface area contributed by atoms with Crippen molar-refractivity contribution < 1.29 is 4.79 Å². The molecule has 0 aliphatic carbocycles. The molecule has 0 radical (unpaired) electrons. The van der Waals surface area contributed by atoms with E-state index >= 15 is 0 Å². The van der Waals surface area contributed by atoms with Crippen LogP contribution in [0.15, 0.2) is 42.3 Å². The molecule has 1 aromatic carbocycles. The summed E-state index contributed by atoms with van der Waals surface area (Å²) in [4.78, 5) is 16.5. The molecule has 2 N–H and O–H groups in total. The quantitative estimate of drug-likeness (QED) is 0.507. The summed E-state index contributed by atoms with van der Waals surface area (Å²) >= 11 is 1.56. The van der Waals surface area contributed by atoms with Crippen LogP contribution in [0.1, 0.15) is 32.6 Å². The first kappa shape index (κ1) is 17.2. The second kappa shape index (κ2) is 9.10. The Bertz CT molecular complexity index is 651. The van der Waals surface area contributed by atoms with Crippen molar-refractivity contribution in [2.45, 2.75) is 32.6 Å². The lowest BCUT2D eigenvalue weighted by molar-refractivity contribution is -0.116. The van der Waals surface area contributed by atoms with E-state index in [9.17, 15) is 4.79 Å². The number of nitrogens with one attached hydrogen (secondary N) is 2. The molecular weight excluding hydrogens is 306 g/mol. The first-order valence-electron chi connectivity index (χ1n) is 7.93. The number of anilines is 2. The Hall–Kier alpha value is -2.14. The van der Waals surface area contributed by atoms with Gasteiger partial charge in [0.25, 0.3) is 0 Å². The third-order valence-electron chi connectivity index (χ3n) is 3.35. The molecule has 23 heavy (non-hydrogen) atoms. The van der Waals surface area contributed by atoms with Crippen LogP contribution in [0.2, 0.25) is 0 Å². The van der Waals surface area contributed by atoms with Gasteiger partial charge >= 0.3 is 0 Å². The van der Waals surface area contributed by atoms with E-state index in [2.05, 4.69) is 29.1 Å². The van der Waals surface area contributed by atoms with Gasteiger partial charge in [-0.3, -0.25) is 4.79 Å². The summed E-state index contributed by atoms with van der Waals surface area (Å²) in [5, 5.41) is 9.02. The lowest BCUT2D eigenvalue weighted by Gasteiger charge is -2.06. The molecule has 1 amide bonds. The van der Waals surface area contributed by atoms with Crippen LogP contribution in [0.4, 0.5) is 10.8 Å². The summed E-state index contributed by atoms with van der Waals surface area (Å²) in [6, 6.07) is 7.81. The van der Waals surface area contributed by atoms with Crippen LogP contribution < -0.4 is 10.6 Å². The Kier molecular flexibility index (Phi) is 6.81. The molecule has 1 heterocycles. The molecule has 1 aromatic heterocycles. The van der Waals surface area contributed by atoms with Gasteiger partial charge in [0.15, 0.2) is 5.13 Å². The van der Waals surface area contributed by atoms with Gasteiger partial charge in [-0.15, -0.1) is 17.9 Å². The summed E-state index contributed by atoms with van der Waals surface area (Å²) in [7, 11) is 0. The van der Waals surface area contributed by atoms with Crippen molar-refractivity contribution in [3.05, 3.63) is 42.3 Å². The number of carbonyl (C=O) groups is 1. The number of benzene rings is 1. The second-order valence-electron chi connectivity index (χ2n) is 5.29. The van der Waals surface area contributed by atoms with Gasteiger partial charge in [-0.2, -0.15) is 0 Å². The molecule has 0 unspecified atom stereocenters. The number of nitrogens with zero attached hydrogens (tertiary/aromatic N) is 1. The van der Waals surface area contributed by atoms with Crippen LogP contribution in [-0.2, 0) is 4.79 Å². The third-order valence-corrected chi connectivity index (χ3v) is 4.15. The van der Waals surface area contributed by atoms with Crippen LogP contribution in [0.3, 0.4) is 0 Å². The lowest BCUT2D eigenvalue weighted by atomic mass is 10.1. The third kappa shape index (κ3) is 5.53. The molecule has 0 saturated heterocycles. The van der Waals surface area contributed by atoms with Crippen LogP contribution in [0.25, 0.3) is 11.3 Å². The average molecular weight is 329 g/mol. The number of rotatable bonds is 9. The largest absolute Gasteiger partial charge is 0.358 e. The van der Waals surface area contributed by atoms with Crippen molar-refractivity contribution >= 4 is 28.1 Å². The molecule has 0 bridgehead atoms. The molecular formula is C18H23N3OS. The number of carbonyl (C=O) groups excluding carboxylic acids is 1. The number of hydrogen-bond donors (Lipinski definition) is 2. The van der Waals surface area contributed by atoms with E-state index in [0.29, 0.717) is 13.0 Å². The van der Waals surface area contributed by atoms with Crippen LogP contribution in [-0.4, -0.2) is 17.4 Å². The maximum atomic E-state index is 11.9. The van der Waals surface area contributed by atoms with Gasteiger partial charge in [0.1, 0.15) is 0 Å². The number of unbranched alkanes of at least 4 members (excludes halogenated alkanes) is 2. The Morgan fingerprint density at radius 2 is 2.26 bits per heavy atom. The topological polar surface area (TPSA) is 54.0 Å². The molecule has 122 valence electrons. The van der Waals surface area contributed by atoms with Gasteiger partial charge in [0.05, 0.1) is 5.69 Å². The van der Waals surface area contributed by atoms with Gasteiger partial charge in [-0.25, -0.2) is 4.98 Å². The Morgan fingerprint density at radius 3 is 3.04 bits per heavy atom. The molecule has 4 nitrogen and oxygen atoms in total. The van der Waals surface area contributed by atoms with Crippen LogP contribution >= 0.6 is 11.3 Å². The van der Waals surface area contributed by atoms with Crippen molar-refractivity contribution in [3.63, 3.8) is 0 Å². The molecule has 0 atom stereocenters. The van der Waals surface area contributed by atoms with Gasteiger partial charge in [0.2, 0.25) is 5.91 Å². The Labute approximate surface area is 141 Å². The molecule has 2 rings (SSSR count). The monoisotopic (exact) mass is 329 g/mol. The fourth-order valence-electron chi connectivity index (χ4n) is 2.16. The highest BCUT2D eigenvalue weighted by Gasteiger charge is 2.07. The summed E-state index contributed by atoms with van der Waals surface area (Å²) < 4.78 is 0. The van der Waals surface area contributed by atoms with Gasteiger partial charge in [-0.05, 0) is 18.6 Å². The van der Waals surface area contributed by atoms with Crippen LogP contribution in [0, 0.1) is 0 Å². The predicted octanol–water partition coefficient (Wildman–Crippen LogP) is 4.93. The summed E-state index contributed by atoms with van der Waals surface area (Å²) in [6.45, 7) is 6.51. The zero-order valence-electron chi connectivity index (χ0n) is 13.5. The van der Waals surface area contributed by atoms with Crippen molar-refractivity contribution in [1.29, 1.82) is 0 Å². The highest BCUT2D eigenvalue weighted by atomic mass is 32.1. The maximum absolute atomic E-state index is 11.9. The number of amides is 1. The average Bonchev–Trinajstić information content (AvgIpc) is 3.02. The minimum absolute atomic E-state index is 0.0715. The van der Waals surface area contributed by atoms with E-state index in [-0.39, 0.29) is 5.91 Å². The van der Waals surface area contributed by atoms with Crippen molar-refractivity contribution in [3.8, 4) is 11.3 Å². The predicted molar refractivity (Wildman–Crippen MR) is 99.0 cm³/mol. The van der Waals surface area contributed by atoms with E-state index in [0.717, 1.165) is 41.3 Å². The molecule has 0 spiro atoms. The summed E-state index contributed by atoms with van der Waals surface area (Å²) in [5.74, 6) is 0.0715. The standard InChI is InChI=1S/C18H23N3OS/c1-3-5-6-10-17(22)20-15-9-7-8-14(12-15)16-13-23-18(21-16)19-11-4-2/h4,7-9,12-13H,2-3,5-6,10-11H2,1H3,(H,19,21)(H,20,22). The smallest absolute Gasteiger partial charge is 0.224 e. The summed E-state index contributed by atoms with van der Waals surface area (Å²) in [6.07, 6.45) is 5.52. The minimum Gasteiger partial charge on any atom is -0.358 e. The molecule has 0 aliphatic heterocycles. The zero-order valence-corrected chi connectivity index (χ0v) is 14.3. The SMILES string of the molecule is C=CCNc1nc(-c2cccc(NC(=O)CCCCC)c2)cs1. The lowest BCUT2D eigenvalue weighted by Crippen LogP contribution is -2.10. The fraction of sp³-hybridized carbons (Fsp3) is 0.333. The minimum atomic E-state index is 0.0715. The normalized spacial score (nSPS) is 10.3. The highest BCUT2D eigenvalue weighted by Crippen LogP contribution is 2.26. The van der Waals surface area contributed by atoms with Crippen molar-refractivity contribution in [2.75, 3.05) is 17.2 Å². The van der Waals surface area contributed by atoms with Crippen molar-refractivity contribution in [2.24, 2.45) is 0 Å². The number of aromatic nitrogens is 1. The second-order valence-corrected chi connectivity index (χ2v) is 6.15. The van der Waals surface area contributed by atoms with E-state index in [1.54, 1.807) is 17.4 Å².